The zero-order valence-electron chi connectivity index (χ0n) is 13.2. The van der Waals surface area contributed by atoms with Gasteiger partial charge in [-0.1, -0.05) is 24.3 Å². The number of rotatable bonds is 6. The Morgan fingerprint density at radius 3 is 1.95 bits per heavy atom. The van der Waals surface area contributed by atoms with Gasteiger partial charge in [0.15, 0.2) is 0 Å². The number of ether oxygens (including phenoxy) is 1. The van der Waals surface area contributed by atoms with Crippen molar-refractivity contribution in [3.05, 3.63) is 59.7 Å². The average Bonchev–Trinajstić information content (AvgIpc) is 3.11. The molecule has 1 aliphatic rings. The third-order valence-electron chi connectivity index (χ3n) is 4.22. The van der Waals surface area contributed by atoms with E-state index in [9.17, 15) is 0 Å². The molecule has 0 saturated carbocycles. The Hall–Kier alpha value is -2.00. The summed E-state index contributed by atoms with van der Waals surface area (Å²) >= 11 is 0. The Bertz CT molecular complexity index is 571. The van der Waals surface area contributed by atoms with Gasteiger partial charge in [0.2, 0.25) is 0 Å². The first-order valence-electron chi connectivity index (χ1n) is 8.03. The summed E-state index contributed by atoms with van der Waals surface area (Å²) in [4.78, 5) is 2.47. The van der Waals surface area contributed by atoms with Crippen LogP contribution in [-0.4, -0.2) is 20.2 Å². The molecular formula is C19H24N2O. The zero-order chi connectivity index (χ0) is 15.2. The summed E-state index contributed by atoms with van der Waals surface area (Å²) in [7, 11) is 1.69. The van der Waals surface area contributed by atoms with E-state index < -0.39 is 0 Å². The SMILES string of the molecule is COc1ccc(CNCc2ccc(N3CCCC3)cc2)cc1. The topological polar surface area (TPSA) is 24.5 Å². The minimum atomic E-state index is 0.873. The molecule has 1 N–H and O–H groups in total. The summed E-state index contributed by atoms with van der Waals surface area (Å²) in [6.45, 7) is 4.17. The summed E-state index contributed by atoms with van der Waals surface area (Å²) in [5.74, 6) is 0.904. The van der Waals surface area contributed by atoms with E-state index in [-0.39, 0.29) is 0 Å². The summed E-state index contributed by atoms with van der Waals surface area (Å²) in [6, 6.07) is 17.2. The molecule has 116 valence electrons. The first-order valence-corrected chi connectivity index (χ1v) is 8.03. The van der Waals surface area contributed by atoms with E-state index in [0.717, 1.165) is 18.8 Å². The van der Waals surface area contributed by atoms with Crippen LogP contribution >= 0.6 is 0 Å². The van der Waals surface area contributed by atoms with Crippen LogP contribution < -0.4 is 15.0 Å². The van der Waals surface area contributed by atoms with E-state index in [4.69, 9.17) is 4.74 Å². The molecule has 1 heterocycles. The lowest BCUT2D eigenvalue weighted by molar-refractivity contribution is 0.414. The molecule has 2 aromatic carbocycles. The van der Waals surface area contributed by atoms with Crippen molar-refractivity contribution in [3.63, 3.8) is 0 Å². The first kappa shape index (κ1) is 14.9. The van der Waals surface area contributed by atoms with E-state index in [1.807, 2.05) is 12.1 Å². The van der Waals surface area contributed by atoms with Gasteiger partial charge >= 0.3 is 0 Å². The molecule has 0 atom stereocenters. The molecule has 0 amide bonds. The van der Waals surface area contributed by atoms with Crippen molar-refractivity contribution in [3.8, 4) is 5.75 Å². The van der Waals surface area contributed by atoms with Crippen molar-refractivity contribution in [1.29, 1.82) is 0 Å². The third kappa shape index (κ3) is 3.80. The largest absolute Gasteiger partial charge is 0.497 e. The van der Waals surface area contributed by atoms with Gasteiger partial charge in [0, 0.05) is 31.9 Å². The van der Waals surface area contributed by atoms with Crippen LogP contribution in [0.2, 0.25) is 0 Å². The van der Waals surface area contributed by atoms with Gasteiger partial charge in [-0.2, -0.15) is 0 Å². The number of benzene rings is 2. The van der Waals surface area contributed by atoms with Crippen LogP contribution in [0.3, 0.4) is 0 Å². The molecular weight excluding hydrogens is 272 g/mol. The molecule has 3 nitrogen and oxygen atoms in total. The first-order chi connectivity index (χ1) is 10.8. The fraction of sp³-hybridized carbons (Fsp3) is 0.368. The van der Waals surface area contributed by atoms with E-state index in [1.54, 1.807) is 7.11 Å². The predicted octanol–water partition coefficient (Wildman–Crippen LogP) is 3.59. The van der Waals surface area contributed by atoms with Crippen LogP contribution in [0.25, 0.3) is 0 Å². The molecule has 0 spiro atoms. The molecule has 0 radical (unpaired) electrons. The zero-order valence-corrected chi connectivity index (χ0v) is 13.2. The average molecular weight is 296 g/mol. The predicted molar refractivity (Wildman–Crippen MR) is 91.4 cm³/mol. The smallest absolute Gasteiger partial charge is 0.118 e. The second-order valence-electron chi connectivity index (χ2n) is 5.81. The Morgan fingerprint density at radius 1 is 0.864 bits per heavy atom. The number of anilines is 1. The van der Waals surface area contributed by atoms with Crippen LogP contribution in [0.1, 0.15) is 24.0 Å². The standard InChI is InChI=1S/C19H24N2O/c1-22-19-10-6-17(7-11-19)15-20-14-16-4-8-18(9-5-16)21-12-2-3-13-21/h4-11,20H,2-3,12-15H2,1H3. The third-order valence-corrected chi connectivity index (χ3v) is 4.22. The van der Waals surface area contributed by atoms with Crippen LogP contribution in [-0.2, 0) is 13.1 Å². The number of nitrogens with one attached hydrogen (secondary N) is 1. The minimum absolute atomic E-state index is 0.873. The number of hydrogen-bond acceptors (Lipinski definition) is 3. The van der Waals surface area contributed by atoms with Crippen molar-refractivity contribution < 1.29 is 4.74 Å². The molecule has 1 aliphatic heterocycles. The van der Waals surface area contributed by atoms with Crippen molar-refractivity contribution >= 4 is 5.69 Å². The lowest BCUT2D eigenvalue weighted by atomic mass is 10.2. The van der Waals surface area contributed by atoms with Crippen molar-refractivity contribution in [2.75, 3.05) is 25.1 Å². The lowest BCUT2D eigenvalue weighted by Crippen LogP contribution is -2.17. The van der Waals surface area contributed by atoms with Gasteiger partial charge in [0.05, 0.1) is 7.11 Å². The summed E-state index contributed by atoms with van der Waals surface area (Å²) in [5, 5.41) is 3.49. The van der Waals surface area contributed by atoms with Crippen LogP contribution in [0.15, 0.2) is 48.5 Å². The normalized spacial score (nSPS) is 14.3. The molecule has 0 aromatic heterocycles. The van der Waals surface area contributed by atoms with E-state index in [2.05, 4.69) is 46.6 Å². The fourth-order valence-electron chi connectivity index (χ4n) is 2.89. The highest BCUT2D eigenvalue weighted by Gasteiger charge is 2.11. The molecule has 1 fully saturated rings. The highest BCUT2D eigenvalue weighted by atomic mass is 16.5. The highest BCUT2D eigenvalue weighted by Crippen LogP contribution is 2.20. The van der Waals surface area contributed by atoms with Crippen LogP contribution in [0, 0.1) is 0 Å². The summed E-state index contributed by atoms with van der Waals surface area (Å²) in [6.07, 6.45) is 2.65. The fourth-order valence-corrected chi connectivity index (χ4v) is 2.89. The molecule has 2 aromatic rings. The number of nitrogens with zero attached hydrogens (tertiary/aromatic N) is 1. The highest BCUT2D eigenvalue weighted by molar-refractivity contribution is 5.48. The Balaban J connectivity index is 1.48. The molecule has 1 saturated heterocycles. The molecule has 0 aliphatic carbocycles. The quantitative estimate of drug-likeness (QED) is 0.881. The van der Waals surface area contributed by atoms with Crippen molar-refractivity contribution in [2.24, 2.45) is 0 Å². The van der Waals surface area contributed by atoms with Gasteiger partial charge in [0.1, 0.15) is 5.75 Å². The molecule has 3 rings (SSSR count). The molecule has 0 unspecified atom stereocenters. The van der Waals surface area contributed by atoms with Gasteiger partial charge in [-0.05, 0) is 48.2 Å². The van der Waals surface area contributed by atoms with Crippen LogP contribution in [0.4, 0.5) is 5.69 Å². The second-order valence-corrected chi connectivity index (χ2v) is 5.81. The number of methoxy groups -OCH3 is 1. The van der Waals surface area contributed by atoms with Gasteiger partial charge < -0.3 is 15.0 Å². The molecule has 22 heavy (non-hydrogen) atoms. The number of hydrogen-bond donors (Lipinski definition) is 1. The minimum Gasteiger partial charge on any atom is -0.497 e. The van der Waals surface area contributed by atoms with Crippen LogP contribution in [0.5, 0.6) is 5.75 Å². The lowest BCUT2D eigenvalue weighted by Gasteiger charge is -2.17. The second kappa shape index (κ2) is 7.32. The van der Waals surface area contributed by atoms with Crippen molar-refractivity contribution in [1.82, 2.24) is 5.32 Å². The van der Waals surface area contributed by atoms with E-state index in [1.165, 1.54) is 42.7 Å². The maximum atomic E-state index is 5.17. The molecule has 0 bridgehead atoms. The summed E-state index contributed by atoms with van der Waals surface area (Å²) in [5.41, 5.74) is 3.96. The van der Waals surface area contributed by atoms with Gasteiger partial charge in [0.25, 0.3) is 0 Å². The Labute approximate surface area is 132 Å². The monoisotopic (exact) mass is 296 g/mol. The van der Waals surface area contributed by atoms with Gasteiger partial charge in [-0.15, -0.1) is 0 Å². The van der Waals surface area contributed by atoms with E-state index >= 15 is 0 Å². The summed E-state index contributed by atoms with van der Waals surface area (Å²) < 4.78 is 5.17. The Morgan fingerprint density at radius 2 is 1.41 bits per heavy atom. The maximum Gasteiger partial charge on any atom is 0.118 e. The van der Waals surface area contributed by atoms with Gasteiger partial charge in [-0.3, -0.25) is 0 Å². The Kier molecular flexibility index (Phi) is 4.96. The maximum absolute atomic E-state index is 5.17. The van der Waals surface area contributed by atoms with Gasteiger partial charge in [-0.25, -0.2) is 0 Å². The van der Waals surface area contributed by atoms with E-state index in [0.29, 0.717) is 0 Å². The molecule has 3 heteroatoms. The van der Waals surface area contributed by atoms with Crippen molar-refractivity contribution in [2.45, 2.75) is 25.9 Å².